The van der Waals surface area contributed by atoms with Gasteiger partial charge in [-0.1, -0.05) is 0 Å². The van der Waals surface area contributed by atoms with E-state index < -0.39 is 0 Å². The van der Waals surface area contributed by atoms with Gasteiger partial charge in [-0.05, 0) is 57.3 Å². The maximum absolute atomic E-state index is 12.0. The van der Waals surface area contributed by atoms with Gasteiger partial charge in [0.15, 0.2) is 0 Å². The number of nitrogens with one attached hydrogen (secondary N) is 2. The van der Waals surface area contributed by atoms with Gasteiger partial charge >= 0.3 is 0 Å². The summed E-state index contributed by atoms with van der Waals surface area (Å²) in [4.78, 5) is 12.0. The van der Waals surface area contributed by atoms with Gasteiger partial charge in [-0.25, -0.2) is 0 Å². The van der Waals surface area contributed by atoms with Crippen molar-refractivity contribution >= 4 is 43.5 Å². The smallest absolute Gasteiger partial charge is 0.241 e. The molecule has 1 atom stereocenters. The van der Waals surface area contributed by atoms with Gasteiger partial charge in [-0.15, -0.1) is 0 Å². The Morgan fingerprint density at radius 3 is 2.83 bits per heavy atom. The normalized spacial score (nSPS) is 18.7. The van der Waals surface area contributed by atoms with E-state index in [9.17, 15) is 4.79 Å². The monoisotopic (exact) mass is 376 g/mol. The lowest BCUT2D eigenvalue weighted by atomic mass is 10.2. The molecule has 2 rings (SSSR count). The minimum atomic E-state index is -0.0912. The Kier molecular flexibility index (Phi) is 4.64. The molecule has 1 heterocycles. The predicted octanol–water partition coefficient (Wildman–Crippen LogP) is 2.91. The molecule has 4 nitrogen and oxygen atoms in total. The SMILES string of the molecule is COc1cc(NC(=O)[C@H]2CCCN2)c(Br)cc1Br. The summed E-state index contributed by atoms with van der Waals surface area (Å²) in [6.07, 6.45) is 1.93. The first kappa shape index (κ1) is 13.8. The number of hydrogen-bond acceptors (Lipinski definition) is 3. The zero-order valence-corrected chi connectivity index (χ0v) is 13.1. The third-order valence-electron chi connectivity index (χ3n) is 2.88. The molecular weight excluding hydrogens is 364 g/mol. The van der Waals surface area contributed by atoms with Crippen LogP contribution in [0.25, 0.3) is 0 Å². The summed E-state index contributed by atoms with van der Waals surface area (Å²) in [5.74, 6) is 0.686. The number of benzene rings is 1. The van der Waals surface area contributed by atoms with Crippen molar-refractivity contribution in [1.82, 2.24) is 5.32 Å². The van der Waals surface area contributed by atoms with Crippen molar-refractivity contribution in [3.63, 3.8) is 0 Å². The largest absolute Gasteiger partial charge is 0.495 e. The van der Waals surface area contributed by atoms with Gasteiger partial charge in [0, 0.05) is 10.5 Å². The molecule has 1 aliphatic heterocycles. The van der Waals surface area contributed by atoms with E-state index >= 15 is 0 Å². The van der Waals surface area contributed by atoms with Crippen LogP contribution in [-0.2, 0) is 4.79 Å². The van der Waals surface area contributed by atoms with Crippen LogP contribution >= 0.6 is 31.9 Å². The van der Waals surface area contributed by atoms with Crippen molar-refractivity contribution in [3.05, 3.63) is 21.1 Å². The lowest BCUT2D eigenvalue weighted by Gasteiger charge is -2.14. The van der Waals surface area contributed by atoms with Gasteiger partial charge < -0.3 is 15.4 Å². The third kappa shape index (κ3) is 3.05. The van der Waals surface area contributed by atoms with Crippen LogP contribution < -0.4 is 15.4 Å². The van der Waals surface area contributed by atoms with Gasteiger partial charge in [-0.3, -0.25) is 4.79 Å². The Hall–Kier alpha value is -0.590. The number of anilines is 1. The van der Waals surface area contributed by atoms with Crippen LogP contribution in [0, 0.1) is 0 Å². The molecule has 0 spiro atoms. The maximum Gasteiger partial charge on any atom is 0.241 e. The summed E-state index contributed by atoms with van der Waals surface area (Å²) in [7, 11) is 1.60. The standard InChI is InChI=1S/C12H14Br2N2O2/c1-18-11-6-10(7(13)5-8(11)14)16-12(17)9-3-2-4-15-9/h5-6,9,15H,2-4H2,1H3,(H,16,17)/t9-/m1/s1. The van der Waals surface area contributed by atoms with Crippen molar-refractivity contribution in [2.75, 3.05) is 19.0 Å². The fourth-order valence-electron chi connectivity index (χ4n) is 1.91. The molecule has 0 radical (unpaired) electrons. The lowest BCUT2D eigenvalue weighted by Crippen LogP contribution is -2.35. The Labute approximate surface area is 123 Å². The lowest BCUT2D eigenvalue weighted by molar-refractivity contribution is -0.117. The highest BCUT2D eigenvalue weighted by Crippen LogP contribution is 2.34. The second kappa shape index (κ2) is 6.04. The van der Waals surface area contributed by atoms with Crippen molar-refractivity contribution in [1.29, 1.82) is 0 Å². The number of methoxy groups -OCH3 is 1. The molecule has 0 aliphatic carbocycles. The molecular formula is C12H14Br2N2O2. The highest BCUT2D eigenvalue weighted by molar-refractivity contribution is 9.11. The summed E-state index contributed by atoms with van der Waals surface area (Å²) in [5.41, 5.74) is 0.716. The molecule has 1 fully saturated rings. The molecule has 0 bridgehead atoms. The van der Waals surface area contributed by atoms with Gasteiger partial charge in [-0.2, -0.15) is 0 Å². The Morgan fingerprint density at radius 1 is 1.44 bits per heavy atom. The minimum absolute atomic E-state index is 0.00224. The second-order valence-corrected chi connectivity index (χ2v) is 5.81. The average molecular weight is 378 g/mol. The van der Waals surface area contributed by atoms with Crippen molar-refractivity contribution in [3.8, 4) is 5.75 Å². The minimum Gasteiger partial charge on any atom is -0.495 e. The number of amides is 1. The van der Waals surface area contributed by atoms with Gasteiger partial charge in [0.2, 0.25) is 5.91 Å². The zero-order valence-electron chi connectivity index (χ0n) is 9.93. The fourth-order valence-corrected chi connectivity index (χ4v) is 3.16. The van der Waals surface area contributed by atoms with E-state index in [1.165, 1.54) is 0 Å². The molecule has 0 unspecified atom stereocenters. The quantitative estimate of drug-likeness (QED) is 0.851. The van der Waals surface area contributed by atoms with Crippen LogP contribution in [0.2, 0.25) is 0 Å². The maximum atomic E-state index is 12.0. The zero-order chi connectivity index (χ0) is 13.1. The Morgan fingerprint density at radius 2 is 2.22 bits per heavy atom. The highest BCUT2D eigenvalue weighted by atomic mass is 79.9. The molecule has 1 saturated heterocycles. The molecule has 18 heavy (non-hydrogen) atoms. The molecule has 0 saturated carbocycles. The molecule has 98 valence electrons. The molecule has 1 aromatic carbocycles. The summed E-state index contributed by atoms with van der Waals surface area (Å²) in [5, 5.41) is 6.07. The summed E-state index contributed by atoms with van der Waals surface area (Å²) in [6.45, 7) is 0.906. The molecule has 2 N–H and O–H groups in total. The van der Waals surface area contributed by atoms with Crippen LogP contribution in [0.15, 0.2) is 21.1 Å². The van der Waals surface area contributed by atoms with E-state index in [0.717, 1.165) is 28.3 Å². The van der Waals surface area contributed by atoms with Crippen LogP contribution in [0.4, 0.5) is 5.69 Å². The van der Waals surface area contributed by atoms with Gasteiger partial charge in [0.1, 0.15) is 5.75 Å². The molecule has 1 aliphatic rings. The topological polar surface area (TPSA) is 50.4 Å². The third-order valence-corrected chi connectivity index (χ3v) is 4.15. The van der Waals surface area contributed by atoms with Crippen molar-refractivity contribution in [2.45, 2.75) is 18.9 Å². The fraction of sp³-hybridized carbons (Fsp3) is 0.417. The van der Waals surface area contributed by atoms with Crippen LogP contribution in [-0.4, -0.2) is 25.6 Å². The number of carbonyl (C=O) groups excluding carboxylic acids is 1. The van der Waals surface area contributed by atoms with Crippen molar-refractivity contribution in [2.24, 2.45) is 0 Å². The number of halogens is 2. The van der Waals surface area contributed by atoms with Gasteiger partial charge in [0.05, 0.1) is 23.3 Å². The van der Waals surface area contributed by atoms with Crippen LogP contribution in [0.1, 0.15) is 12.8 Å². The summed E-state index contributed by atoms with van der Waals surface area (Å²) >= 11 is 6.82. The summed E-state index contributed by atoms with van der Waals surface area (Å²) < 4.78 is 6.88. The molecule has 0 aromatic heterocycles. The average Bonchev–Trinajstić information content (AvgIpc) is 2.86. The molecule has 1 aromatic rings. The van der Waals surface area contributed by atoms with Crippen LogP contribution in [0.5, 0.6) is 5.75 Å². The van der Waals surface area contributed by atoms with Crippen molar-refractivity contribution < 1.29 is 9.53 Å². The van der Waals surface area contributed by atoms with Crippen LogP contribution in [0.3, 0.4) is 0 Å². The first-order valence-electron chi connectivity index (χ1n) is 5.69. The Balaban J connectivity index is 2.15. The Bertz CT molecular complexity index is 460. The summed E-state index contributed by atoms with van der Waals surface area (Å²) in [6, 6.07) is 3.56. The second-order valence-electron chi connectivity index (χ2n) is 4.10. The number of ether oxygens (including phenoxy) is 1. The highest BCUT2D eigenvalue weighted by Gasteiger charge is 2.22. The van der Waals surface area contributed by atoms with Gasteiger partial charge in [0.25, 0.3) is 0 Å². The number of hydrogen-bond donors (Lipinski definition) is 2. The van der Waals surface area contributed by atoms with E-state index in [0.29, 0.717) is 11.4 Å². The molecule has 6 heteroatoms. The molecule has 1 amide bonds. The van der Waals surface area contributed by atoms with E-state index in [1.54, 1.807) is 13.2 Å². The van der Waals surface area contributed by atoms with E-state index in [1.807, 2.05) is 6.07 Å². The first-order valence-corrected chi connectivity index (χ1v) is 7.27. The van der Waals surface area contributed by atoms with E-state index in [2.05, 4.69) is 42.5 Å². The van der Waals surface area contributed by atoms with E-state index in [-0.39, 0.29) is 11.9 Å². The van der Waals surface area contributed by atoms with E-state index in [4.69, 9.17) is 4.74 Å². The number of carbonyl (C=O) groups is 1. The number of rotatable bonds is 3. The first-order chi connectivity index (χ1) is 8.61. The predicted molar refractivity (Wildman–Crippen MR) is 78.0 cm³/mol.